The van der Waals surface area contributed by atoms with Gasteiger partial charge in [0.15, 0.2) is 0 Å². The number of methoxy groups -OCH3 is 1. The van der Waals surface area contributed by atoms with Crippen LogP contribution in [0.1, 0.15) is 27.2 Å². The van der Waals surface area contributed by atoms with Gasteiger partial charge >= 0.3 is 5.97 Å². The van der Waals surface area contributed by atoms with E-state index in [2.05, 4.69) is 21.1 Å². The molecule has 3 aromatic rings. The third-order valence-electron chi connectivity index (χ3n) is 4.02. The molecule has 0 aliphatic heterocycles. The van der Waals surface area contributed by atoms with Crippen molar-refractivity contribution in [2.24, 2.45) is 0 Å². The lowest BCUT2D eigenvalue weighted by Crippen LogP contribution is -2.24. The molecule has 1 amide bonds. The first-order chi connectivity index (χ1) is 13.0. The number of benzene rings is 2. The van der Waals surface area contributed by atoms with Crippen molar-refractivity contribution in [2.75, 3.05) is 7.11 Å². The SMILES string of the molecule is COC(=O)c1ccc(CNC(=O)Cc2csc(-c3cccc(C)c3)n2)cc1. The normalized spacial score (nSPS) is 10.4. The fraction of sp³-hybridized carbons (Fsp3) is 0.190. The summed E-state index contributed by atoms with van der Waals surface area (Å²) in [6.07, 6.45) is 0.239. The summed E-state index contributed by atoms with van der Waals surface area (Å²) < 4.78 is 4.67. The third kappa shape index (κ3) is 5.01. The van der Waals surface area contributed by atoms with Crippen molar-refractivity contribution in [1.82, 2.24) is 10.3 Å². The van der Waals surface area contributed by atoms with E-state index in [-0.39, 0.29) is 18.3 Å². The van der Waals surface area contributed by atoms with E-state index < -0.39 is 0 Å². The molecule has 1 N–H and O–H groups in total. The van der Waals surface area contributed by atoms with Gasteiger partial charge in [-0.05, 0) is 30.7 Å². The van der Waals surface area contributed by atoms with Crippen LogP contribution in [0.25, 0.3) is 10.6 Å². The molecule has 2 aromatic carbocycles. The molecule has 138 valence electrons. The number of aromatic nitrogens is 1. The summed E-state index contributed by atoms with van der Waals surface area (Å²) in [6.45, 7) is 2.44. The molecule has 0 unspecified atom stereocenters. The molecule has 0 saturated heterocycles. The lowest BCUT2D eigenvalue weighted by atomic mass is 10.1. The van der Waals surface area contributed by atoms with Crippen molar-refractivity contribution in [3.63, 3.8) is 0 Å². The van der Waals surface area contributed by atoms with Gasteiger partial charge < -0.3 is 10.1 Å². The lowest BCUT2D eigenvalue weighted by molar-refractivity contribution is -0.120. The van der Waals surface area contributed by atoms with Crippen molar-refractivity contribution in [1.29, 1.82) is 0 Å². The fourth-order valence-electron chi connectivity index (χ4n) is 2.60. The molecule has 0 aliphatic rings. The van der Waals surface area contributed by atoms with Crippen LogP contribution < -0.4 is 5.32 Å². The second-order valence-corrected chi connectivity index (χ2v) is 7.01. The number of carbonyl (C=O) groups excluding carboxylic acids is 2. The number of nitrogens with one attached hydrogen (secondary N) is 1. The average molecular weight is 380 g/mol. The molecular formula is C21H20N2O3S. The predicted molar refractivity (Wildman–Crippen MR) is 106 cm³/mol. The molecule has 5 nitrogen and oxygen atoms in total. The standard InChI is InChI=1S/C21H20N2O3S/c1-14-4-3-5-17(10-14)20-23-18(13-27-20)11-19(24)22-12-15-6-8-16(9-7-15)21(25)26-2/h3-10,13H,11-12H2,1-2H3,(H,22,24). The maximum absolute atomic E-state index is 12.2. The summed E-state index contributed by atoms with van der Waals surface area (Å²) in [6, 6.07) is 15.1. The lowest BCUT2D eigenvalue weighted by Gasteiger charge is -2.05. The first-order valence-corrected chi connectivity index (χ1v) is 9.38. The first kappa shape index (κ1) is 18.8. The molecule has 0 aliphatic carbocycles. The van der Waals surface area contributed by atoms with Crippen LogP contribution in [0.2, 0.25) is 0 Å². The summed E-state index contributed by atoms with van der Waals surface area (Å²) in [4.78, 5) is 28.2. The molecule has 1 heterocycles. The van der Waals surface area contributed by atoms with Gasteiger partial charge in [0.2, 0.25) is 5.91 Å². The van der Waals surface area contributed by atoms with Crippen LogP contribution in [0.3, 0.4) is 0 Å². The average Bonchev–Trinajstić information content (AvgIpc) is 3.14. The Hall–Kier alpha value is -2.99. The van der Waals surface area contributed by atoms with Crippen LogP contribution in [-0.4, -0.2) is 24.0 Å². The molecular weight excluding hydrogens is 360 g/mol. The predicted octanol–water partition coefficient (Wildman–Crippen LogP) is 3.76. The Kier molecular flexibility index (Phi) is 5.98. The quantitative estimate of drug-likeness (QED) is 0.661. The third-order valence-corrected chi connectivity index (χ3v) is 4.96. The molecule has 0 bridgehead atoms. The second-order valence-electron chi connectivity index (χ2n) is 6.16. The molecule has 0 radical (unpaired) electrons. The number of hydrogen-bond acceptors (Lipinski definition) is 5. The number of esters is 1. The summed E-state index contributed by atoms with van der Waals surface area (Å²) >= 11 is 1.54. The highest BCUT2D eigenvalue weighted by Gasteiger charge is 2.10. The Bertz CT molecular complexity index is 948. The van der Waals surface area contributed by atoms with Gasteiger partial charge in [0, 0.05) is 17.5 Å². The van der Waals surface area contributed by atoms with E-state index in [1.807, 2.05) is 30.5 Å². The zero-order valence-corrected chi connectivity index (χ0v) is 16.0. The summed E-state index contributed by atoms with van der Waals surface area (Å²) in [5, 5.41) is 5.71. The maximum Gasteiger partial charge on any atom is 0.337 e. The summed E-state index contributed by atoms with van der Waals surface area (Å²) in [5.74, 6) is -0.466. The minimum atomic E-state index is -0.376. The number of carbonyl (C=O) groups is 2. The topological polar surface area (TPSA) is 68.3 Å². The largest absolute Gasteiger partial charge is 0.465 e. The van der Waals surface area contributed by atoms with Gasteiger partial charge in [-0.25, -0.2) is 9.78 Å². The van der Waals surface area contributed by atoms with Crippen LogP contribution in [-0.2, 0) is 22.5 Å². The van der Waals surface area contributed by atoms with Crippen LogP contribution in [0.4, 0.5) is 0 Å². The molecule has 0 atom stereocenters. The number of aryl methyl sites for hydroxylation is 1. The van der Waals surface area contributed by atoms with Crippen molar-refractivity contribution in [3.8, 4) is 10.6 Å². The van der Waals surface area contributed by atoms with E-state index in [4.69, 9.17) is 0 Å². The Balaban J connectivity index is 1.55. The first-order valence-electron chi connectivity index (χ1n) is 8.50. The Morgan fingerprint density at radius 3 is 2.63 bits per heavy atom. The van der Waals surface area contributed by atoms with E-state index in [1.54, 1.807) is 24.3 Å². The van der Waals surface area contributed by atoms with Gasteiger partial charge in [0.05, 0.1) is 24.8 Å². The van der Waals surface area contributed by atoms with Crippen molar-refractivity contribution < 1.29 is 14.3 Å². The molecule has 27 heavy (non-hydrogen) atoms. The minimum Gasteiger partial charge on any atom is -0.465 e. The molecule has 6 heteroatoms. The molecule has 0 fully saturated rings. The second kappa shape index (κ2) is 8.60. The molecule has 0 saturated carbocycles. The zero-order chi connectivity index (χ0) is 19.2. The van der Waals surface area contributed by atoms with Gasteiger partial charge in [-0.15, -0.1) is 11.3 Å². The smallest absolute Gasteiger partial charge is 0.337 e. The highest BCUT2D eigenvalue weighted by atomic mass is 32.1. The molecule has 1 aromatic heterocycles. The number of ether oxygens (including phenoxy) is 1. The zero-order valence-electron chi connectivity index (χ0n) is 15.2. The number of nitrogens with zero attached hydrogens (tertiary/aromatic N) is 1. The number of hydrogen-bond donors (Lipinski definition) is 1. The number of rotatable bonds is 6. The van der Waals surface area contributed by atoms with E-state index in [1.165, 1.54) is 24.0 Å². The highest BCUT2D eigenvalue weighted by molar-refractivity contribution is 7.13. The van der Waals surface area contributed by atoms with E-state index >= 15 is 0 Å². The molecule has 3 rings (SSSR count). The van der Waals surface area contributed by atoms with Gasteiger partial charge in [-0.3, -0.25) is 4.79 Å². The van der Waals surface area contributed by atoms with Gasteiger partial charge in [0.1, 0.15) is 5.01 Å². The van der Waals surface area contributed by atoms with Crippen molar-refractivity contribution in [3.05, 3.63) is 76.3 Å². The summed E-state index contributed by atoms with van der Waals surface area (Å²) in [5.41, 5.74) is 4.40. The van der Waals surface area contributed by atoms with Crippen LogP contribution in [0.15, 0.2) is 53.9 Å². The van der Waals surface area contributed by atoms with Crippen molar-refractivity contribution in [2.45, 2.75) is 19.9 Å². The maximum atomic E-state index is 12.2. The number of thiazole rings is 1. The van der Waals surface area contributed by atoms with E-state index in [0.29, 0.717) is 12.1 Å². The fourth-order valence-corrected chi connectivity index (χ4v) is 3.42. The van der Waals surface area contributed by atoms with Crippen LogP contribution in [0.5, 0.6) is 0 Å². The van der Waals surface area contributed by atoms with Crippen LogP contribution >= 0.6 is 11.3 Å². The van der Waals surface area contributed by atoms with E-state index in [0.717, 1.165) is 21.8 Å². The van der Waals surface area contributed by atoms with E-state index in [9.17, 15) is 9.59 Å². The van der Waals surface area contributed by atoms with Crippen molar-refractivity contribution >= 4 is 23.2 Å². The van der Waals surface area contributed by atoms with Gasteiger partial charge in [-0.1, -0.05) is 35.9 Å². The monoisotopic (exact) mass is 380 g/mol. The number of amides is 1. The summed E-state index contributed by atoms with van der Waals surface area (Å²) in [7, 11) is 1.35. The van der Waals surface area contributed by atoms with Crippen LogP contribution in [0, 0.1) is 6.92 Å². The Morgan fingerprint density at radius 1 is 1.15 bits per heavy atom. The Morgan fingerprint density at radius 2 is 1.93 bits per heavy atom. The minimum absolute atomic E-state index is 0.0897. The Labute approximate surface area is 162 Å². The highest BCUT2D eigenvalue weighted by Crippen LogP contribution is 2.24. The van der Waals surface area contributed by atoms with Gasteiger partial charge in [-0.2, -0.15) is 0 Å². The molecule has 0 spiro atoms. The van der Waals surface area contributed by atoms with Gasteiger partial charge in [0.25, 0.3) is 0 Å².